The average molecular weight is 290 g/mol. The monoisotopic (exact) mass is 290 g/mol. The van der Waals surface area contributed by atoms with Gasteiger partial charge >= 0.3 is 0 Å². The molecule has 22 heavy (non-hydrogen) atoms. The maximum atomic E-state index is 10.5. The van der Waals surface area contributed by atoms with Gasteiger partial charge in [-0.25, -0.2) is 0 Å². The predicted molar refractivity (Wildman–Crippen MR) is 89.4 cm³/mol. The highest BCUT2D eigenvalue weighted by atomic mass is 16.3. The van der Waals surface area contributed by atoms with Crippen molar-refractivity contribution < 1.29 is 5.11 Å². The molecule has 1 aromatic carbocycles. The normalized spacial score (nSPS) is 21.7. The minimum atomic E-state index is -1.24. The first-order chi connectivity index (χ1) is 10.7. The highest BCUT2D eigenvalue weighted by molar-refractivity contribution is 6.13. The Labute approximate surface area is 130 Å². The number of allylic oxidation sites excluding steroid dienone is 3. The van der Waals surface area contributed by atoms with Crippen LogP contribution < -0.4 is 5.73 Å². The Hall–Kier alpha value is -2.41. The van der Waals surface area contributed by atoms with Crippen LogP contribution in [0.4, 0.5) is 0 Å². The molecule has 3 heteroatoms. The van der Waals surface area contributed by atoms with Gasteiger partial charge in [-0.3, -0.25) is 4.99 Å². The third kappa shape index (κ3) is 3.25. The largest absolute Gasteiger partial charge is 0.370 e. The Morgan fingerprint density at radius 2 is 2.18 bits per heavy atom. The molecular formula is C19H18N2O. The molecule has 1 heterocycles. The molecule has 110 valence electrons. The molecule has 0 amide bonds. The maximum absolute atomic E-state index is 10.5. The molecule has 0 aromatic heterocycles. The fourth-order valence-corrected chi connectivity index (χ4v) is 2.47. The summed E-state index contributed by atoms with van der Waals surface area (Å²) in [6, 6.07) is 8.06. The molecule has 0 radical (unpaired) electrons. The minimum Gasteiger partial charge on any atom is -0.370 e. The summed E-state index contributed by atoms with van der Waals surface area (Å²) in [5.41, 5.74) is 8.20. The molecular weight excluding hydrogens is 272 g/mol. The highest BCUT2D eigenvalue weighted by Crippen LogP contribution is 2.22. The third-order valence-corrected chi connectivity index (χ3v) is 3.64. The lowest BCUT2D eigenvalue weighted by Crippen LogP contribution is -2.25. The molecule has 1 unspecified atom stereocenters. The van der Waals surface area contributed by atoms with Crippen LogP contribution in [0.5, 0.6) is 0 Å². The van der Waals surface area contributed by atoms with Gasteiger partial charge in [0.25, 0.3) is 0 Å². The summed E-state index contributed by atoms with van der Waals surface area (Å²) in [7, 11) is 0. The van der Waals surface area contributed by atoms with Gasteiger partial charge in [-0.05, 0) is 61.4 Å². The summed E-state index contributed by atoms with van der Waals surface area (Å²) in [5, 5.41) is 10.5. The first-order valence-corrected chi connectivity index (χ1v) is 7.40. The first-order valence-electron chi connectivity index (χ1n) is 7.40. The van der Waals surface area contributed by atoms with E-state index in [1.165, 1.54) is 5.56 Å². The lowest BCUT2D eigenvalue weighted by Gasteiger charge is -2.18. The van der Waals surface area contributed by atoms with Crippen LogP contribution in [-0.2, 0) is 6.42 Å². The van der Waals surface area contributed by atoms with E-state index in [9.17, 15) is 5.11 Å². The van der Waals surface area contributed by atoms with E-state index in [4.69, 9.17) is 5.73 Å². The summed E-state index contributed by atoms with van der Waals surface area (Å²) in [6.45, 7) is 0.686. The topological polar surface area (TPSA) is 58.6 Å². The van der Waals surface area contributed by atoms with E-state index >= 15 is 0 Å². The van der Waals surface area contributed by atoms with Crippen molar-refractivity contribution in [3.05, 3.63) is 71.5 Å². The van der Waals surface area contributed by atoms with Crippen LogP contribution in [0.25, 0.3) is 0 Å². The molecule has 1 aliphatic carbocycles. The molecule has 0 spiro atoms. The van der Waals surface area contributed by atoms with Gasteiger partial charge in [0.1, 0.15) is 0 Å². The van der Waals surface area contributed by atoms with Crippen LogP contribution >= 0.6 is 0 Å². The van der Waals surface area contributed by atoms with E-state index in [0.29, 0.717) is 6.54 Å². The van der Waals surface area contributed by atoms with E-state index in [2.05, 4.69) is 22.9 Å². The van der Waals surface area contributed by atoms with Gasteiger partial charge in [-0.1, -0.05) is 24.0 Å². The molecule has 3 rings (SSSR count). The molecule has 0 bridgehead atoms. The highest BCUT2D eigenvalue weighted by Gasteiger charge is 2.24. The van der Waals surface area contributed by atoms with E-state index in [1.54, 1.807) is 18.4 Å². The average Bonchev–Trinajstić information content (AvgIpc) is 2.98. The zero-order chi connectivity index (χ0) is 15.4. The van der Waals surface area contributed by atoms with E-state index in [0.717, 1.165) is 29.7 Å². The summed E-state index contributed by atoms with van der Waals surface area (Å²) in [5.74, 6) is 6.00. The molecule has 0 saturated heterocycles. The quantitative estimate of drug-likeness (QED) is 0.838. The summed E-state index contributed by atoms with van der Waals surface area (Å²) >= 11 is 0. The number of fused-ring (bicyclic) bond motifs is 1. The van der Waals surface area contributed by atoms with Gasteiger partial charge in [0.05, 0.1) is 5.71 Å². The lowest BCUT2D eigenvalue weighted by atomic mass is 9.92. The maximum Gasteiger partial charge on any atom is 0.164 e. The number of hydrogen-bond donors (Lipinski definition) is 2. The van der Waals surface area contributed by atoms with Crippen molar-refractivity contribution in [2.45, 2.75) is 18.4 Å². The SMILES string of the molecule is NCCCc1cccc(C#CC2(O)C=CC3=NC=CC3=C2)c1. The summed E-state index contributed by atoms with van der Waals surface area (Å²) < 4.78 is 0. The molecule has 2 aliphatic rings. The zero-order valence-electron chi connectivity index (χ0n) is 12.3. The minimum absolute atomic E-state index is 0.686. The van der Waals surface area contributed by atoms with Crippen LogP contribution in [0.1, 0.15) is 17.5 Å². The van der Waals surface area contributed by atoms with E-state index in [1.807, 2.05) is 30.4 Å². The second-order valence-corrected chi connectivity index (χ2v) is 5.43. The van der Waals surface area contributed by atoms with Crippen LogP contribution in [0.2, 0.25) is 0 Å². The fraction of sp³-hybridized carbons (Fsp3) is 0.211. The van der Waals surface area contributed by atoms with Crippen molar-refractivity contribution in [1.29, 1.82) is 0 Å². The van der Waals surface area contributed by atoms with Gasteiger partial charge < -0.3 is 10.8 Å². The number of aliphatic imine (C=N–C) groups is 1. The van der Waals surface area contributed by atoms with Gasteiger partial charge in [-0.2, -0.15) is 0 Å². The number of benzene rings is 1. The van der Waals surface area contributed by atoms with Gasteiger partial charge in [0.15, 0.2) is 5.60 Å². The second-order valence-electron chi connectivity index (χ2n) is 5.43. The van der Waals surface area contributed by atoms with Crippen molar-refractivity contribution in [3.8, 4) is 11.8 Å². The number of nitrogens with two attached hydrogens (primary N) is 1. The number of aliphatic hydroxyl groups is 1. The second kappa shape index (κ2) is 6.15. The zero-order valence-corrected chi connectivity index (χ0v) is 12.3. The Kier molecular flexibility index (Phi) is 4.06. The smallest absolute Gasteiger partial charge is 0.164 e. The standard InChI is InChI=1S/C19H18N2O/c20-11-2-5-15-3-1-4-16(13-15)6-9-19(22)10-7-18-17(14-19)8-12-21-18/h1,3-4,7-8,10,12-14,22H,2,5,11,20H2. The molecule has 3 N–H and O–H groups in total. The van der Waals surface area contributed by atoms with Gasteiger partial charge in [0.2, 0.25) is 0 Å². The van der Waals surface area contributed by atoms with Crippen LogP contribution in [-0.4, -0.2) is 23.0 Å². The summed E-state index contributed by atoms with van der Waals surface area (Å²) in [6.07, 6.45) is 10.7. The Bertz CT molecular complexity index is 759. The summed E-state index contributed by atoms with van der Waals surface area (Å²) in [4.78, 5) is 4.19. The van der Waals surface area contributed by atoms with E-state index < -0.39 is 5.60 Å². The number of aryl methyl sites for hydroxylation is 1. The predicted octanol–water partition coefficient (Wildman–Crippen LogP) is 2.12. The lowest BCUT2D eigenvalue weighted by molar-refractivity contribution is 0.203. The molecule has 0 saturated carbocycles. The van der Waals surface area contributed by atoms with Crippen molar-refractivity contribution in [2.75, 3.05) is 6.54 Å². The Morgan fingerprint density at radius 3 is 3.05 bits per heavy atom. The number of nitrogens with zero attached hydrogens (tertiary/aromatic N) is 1. The van der Waals surface area contributed by atoms with E-state index in [-0.39, 0.29) is 0 Å². The van der Waals surface area contributed by atoms with Gasteiger partial charge in [0, 0.05) is 17.3 Å². The van der Waals surface area contributed by atoms with Crippen LogP contribution in [0.3, 0.4) is 0 Å². The molecule has 3 nitrogen and oxygen atoms in total. The number of hydrogen-bond acceptors (Lipinski definition) is 3. The van der Waals surface area contributed by atoms with Crippen molar-refractivity contribution in [2.24, 2.45) is 10.7 Å². The molecule has 0 fully saturated rings. The molecule has 1 atom stereocenters. The van der Waals surface area contributed by atoms with Crippen molar-refractivity contribution >= 4 is 5.71 Å². The number of rotatable bonds is 3. The first kappa shape index (κ1) is 14.5. The van der Waals surface area contributed by atoms with Crippen molar-refractivity contribution in [3.63, 3.8) is 0 Å². The Morgan fingerprint density at radius 1 is 1.27 bits per heavy atom. The van der Waals surface area contributed by atoms with Crippen LogP contribution in [0, 0.1) is 11.8 Å². The fourth-order valence-electron chi connectivity index (χ4n) is 2.47. The van der Waals surface area contributed by atoms with Crippen LogP contribution in [0.15, 0.2) is 65.3 Å². The molecule has 1 aliphatic heterocycles. The Balaban J connectivity index is 1.81. The van der Waals surface area contributed by atoms with Gasteiger partial charge in [-0.15, -0.1) is 0 Å². The van der Waals surface area contributed by atoms with Crippen molar-refractivity contribution in [1.82, 2.24) is 0 Å². The third-order valence-electron chi connectivity index (χ3n) is 3.64. The molecule has 1 aromatic rings.